The molecule has 0 fully saturated rings. The molecule has 0 aliphatic heterocycles. The summed E-state index contributed by atoms with van der Waals surface area (Å²) < 4.78 is 0. The monoisotopic (exact) mass is 287 g/mol. The highest BCUT2D eigenvalue weighted by atomic mass is 32.1. The van der Waals surface area contributed by atoms with E-state index in [2.05, 4.69) is 15.8 Å². The highest BCUT2D eigenvalue weighted by molar-refractivity contribution is 7.11. The number of nitrogens with zero attached hydrogens (tertiary/aromatic N) is 1. The van der Waals surface area contributed by atoms with Crippen LogP contribution in [0.2, 0.25) is 0 Å². The summed E-state index contributed by atoms with van der Waals surface area (Å²) in [4.78, 5) is 12.7. The lowest BCUT2D eigenvalue weighted by Crippen LogP contribution is -2.25. The second-order valence-electron chi connectivity index (χ2n) is 4.48. The fraction of sp³-hybridized carbons (Fsp3) is 0.200. The molecule has 0 aliphatic carbocycles. The molecule has 2 aromatic rings. The number of anilines is 1. The number of carbonyl (C=O) groups excluding carboxylic acids is 1. The molecule has 2 rings (SSSR count). The van der Waals surface area contributed by atoms with Gasteiger partial charge in [0.1, 0.15) is 0 Å². The first-order chi connectivity index (χ1) is 9.65. The normalized spacial score (nSPS) is 10.7. The molecule has 104 valence electrons. The van der Waals surface area contributed by atoms with Crippen LogP contribution in [0.3, 0.4) is 0 Å². The zero-order valence-electron chi connectivity index (χ0n) is 11.5. The van der Waals surface area contributed by atoms with E-state index in [-0.39, 0.29) is 12.5 Å². The minimum atomic E-state index is -0.170. The number of hydrogen-bond donors (Lipinski definition) is 2. The van der Waals surface area contributed by atoms with E-state index in [1.165, 1.54) is 5.56 Å². The summed E-state index contributed by atoms with van der Waals surface area (Å²) in [6.07, 6.45) is 1.67. The number of hydrazone groups is 1. The van der Waals surface area contributed by atoms with Crippen molar-refractivity contribution in [1.82, 2.24) is 5.43 Å². The molecule has 2 N–H and O–H groups in total. The minimum Gasteiger partial charge on any atom is -0.376 e. The predicted molar refractivity (Wildman–Crippen MR) is 84.5 cm³/mol. The summed E-state index contributed by atoms with van der Waals surface area (Å²) >= 11 is 1.60. The number of aryl methyl sites for hydroxylation is 2. The molecule has 0 bridgehead atoms. The molecule has 0 spiro atoms. The zero-order chi connectivity index (χ0) is 14.4. The molecule has 0 saturated heterocycles. The number of thiophene rings is 1. The van der Waals surface area contributed by atoms with Crippen molar-refractivity contribution in [1.29, 1.82) is 0 Å². The van der Waals surface area contributed by atoms with Crippen LogP contribution >= 0.6 is 11.3 Å². The van der Waals surface area contributed by atoms with Gasteiger partial charge < -0.3 is 5.32 Å². The van der Waals surface area contributed by atoms with E-state index in [9.17, 15) is 4.79 Å². The molecule has 1 amide bonds. The van der Waals surface area contributed by atoms with E-state index in [0.29, 0.717) is 0 Å². The quantitative estimate of drug-likeness (QED) is 0.656. The molecule has 4 nitrogen and oxygen atoms in total. The molecule has 1 aromatic carbocycles. The highest BCUT2D eigenvalue weighted by Crippen LogP contribution is 2.12. The van der Waals surface area contributed by atoms with Crippen LogP contribution < -0.4 is 10.7 Å². The summed E-state index contributed by atoms with van der Waals surface area (Å²) in [6.45, 7) is 4.24. The molecule has 1 aromatic heterocycles. The Morgan fingerprint density at radius 2 is 2.00 bits per heavy atom. The maximum atomic E-state index is 11.6. The standard InChI is InChI=1S/C15H17N3OS/c1-11-3-5-13(6-4-11)16-10-15(19)18-17-9-14-12(2)7-8-20-14/h3-9,16H,10H2,1-2H3,(H,18,19)/b17-9+. The van der Waals surface area contributed by atoms with Crippen molar-refractivity contribution in [3.63, 3.8) is 0 Å². The van der Waals surface area contributed by atoms with Crippen LogP contribution in [0.15, 0.2) is 40.8 Å². The Morgan fingerprint density at radius 1 is 1.25 bits per heavy atom. The third-order valence-electron chi connectivity index (χ3n) is 2.78. The number of benzene rings is 1. The van der Waals surface area contributed by atoms with Gasteiger partial charge in [0.2, 0.25) is 0 Å². The Labute approximate surface area is 122 Å². The van der Waals surface area contributed by atoms with Crippen LogP contribution in [-0.2, 0) is 4.79 Å². The topological polar surface area (TPSA) is 53.5 Å². The SMILES string of the molecule is Cc1ccc(NCC(=O)N/N=C/c2sccc2C)cc1. The van der Waals surface area contributed by atoms with Crippen molar-refractivity contribution in [2.75, 3.05) is 11.9 Å². The Balaban J connectivity index is 1.77. The van der Waals surface area contributed by atoms with Gasteiger partial charge in [0.05, 0.1) is 12.8 Å². The van der Waals surface area contributed by atoms with E-state index in [4.69, 9.17) is 0 Å². The Kier molecular flexibility index (Phi) is 4.90. The molecule has 1 heterocycles. The number of carbonyl (C=O) groups is 1. The fourth-order valence-corrected chi connectivity index (χ4v) is 2.36. The minimum absolute atomic E-state index is 0.170. The first kappa shape index (κ1) is 14.3. The first-order valence-corrected chi connectivity index (χ1v) is 7.19. The van der Waals surface area contributed by atoms with Crippen molar-refractivity contribution in [3.05, 3.63) is 51.7 Å². The molecule has 0 atom stereocenters. The molecule has 5 heteroatoms. The number of rotatable bonds is 5. The molecular formula is C15H17N3OS. The Bertz CT molecular complexity index is 602. The molecule has 0 saturated carbocycles. The predicted octanol–water partition coefficient (Wildman–Crippen LogP) is 2.93. The van der Waals surface area contributed by atoms with Gasteiger partial charge in [0.15, 0.2) is 0 Å². The van der Waals surface area contributed by atoms with Crippen molar-refractivity contribution in [2.45, 2.75) is 13.8 Å². The van der Waals surface area contributed by atoms with E-state index in [1.807, 2.05) is 49.6 Å². The number of nitrogens with one attached hydrogen (secondary N) is 2. The van der Waals surface area contributed by atoms with E-state index in [1.54, 1.807) is 17.6 Å². The average molecular weight is 287 g/mol. The Morgan fingerprint density at radius 3 is 2.65 bits per heavy atom. The lowest BCUT2D eigenvalue weighted by molar-refractivity contribution is -0.119. The molecule has 0 radical (unpaired) electrons. The van der Waals surface area contributed by atoms with Gasteiger partial charge in [-0.3, -0.25) is 4.79 Å². The second kappa shape index (κ2) is 6.86. The van der Waals surface area contributed by atoms with Gasteiger partial charge in [-0.05, 0) is 43.0 Å². The summed E-state index contributed by atoms with van der Waals surface area (Å²) in [5, 5.41) is 8.99. The molecule has 0 unspecified atom stereocenters. The van der Waals surface area contributed by atoms with Crippen LogP contribution in [-0.4, -0.2) is 18.7 Å². The van der Waals surface area contributed by atoms with Crippen LogP contribution in [0.5, 0.6) is 0 Å². The van der Waals surface area contributed by atoms with E-state index in [0.717, 1.165) is 16.1 Å². The molecule has 20 heavy (non-hydrogen) atoms. The van der Waals surface area contributed by atoms with Crippen molar-refractivity contribution < 1.29 is 4.79 Å². The van der Waals surface area contributed by atoms with Gasteiger partial charge in [-0.2, -0.15) is 5.10 Å². The third-order valence-corrected chi connectivity index (χ3v) is 3.73. The van der Waals surface area contributed by atoms with Crippen LogP contribution in [0.1, 0.15) is 16.0 Å². The fourth-order valence-electron chi connectivity index (χ4n) is 1.57. The zero-order valence-corrected chi connectivity index (χ0v) is 12.3. The largest absolute Gasteiger partial charge is 0.376 e. The summed E-state index contributed by atoms with van der Waals surface area (Å²) in [6, 6.07) is 9.91. The van der Waals surface area contributed by atoms with Gasteiger partial charge in [-0.1, -0.05) is 17.7 Å². The summed E-state index contributed by atoms with van der Waals surface area (Å²) in [7, 11) is 0. The van der Waals surface area contributed by atoms with Gasteiger partial charge >= 0.3 is 0 Å². The number of hydrogen-bond acceptors (Lipinski definition) is 4. The van der Waals surface area contributed by atoms with E-state index >= 15 is 0 Å². The number of amides is 1. The average Bonchev–Trinajstić information content (AvgIpc) is 2.84. The smallest absolute Gasteiger partial charge is 0.259 e. The van der Waals surface area contributed by atoms with Crippen molar-refractivity contribution in [3.8, 4) is 0 Å². The summed E-state index contributed by atoms with van der Waals surface area (Å²) in [5.41, 5.74) is 5.77. The molecule has 0 aliphatic rings. The maximum Gasteiger partial charge on any atom is 0.259 e. The summed E-state index contributed by atoms with van der Waals surface area (Å²) in [5.74, 6) is -0.170. The van der Waals surface area contributed by atoms with Crippen molar-refractivity contribution >= 4 is 29.1 Å². The lowest BCUT2D eigenvalue weighted by Gasteiger charge is -2.05. The van der Waals surface area contributed by atoms with Crippen LogP contribution in [0, 0.1) is 13.8 Å². The van der Waals surface area contributed by atoms with Gasteiger partial charge in [0, 0.05) is 10.6 Å². The highest BCUT2D eigenvalue weighted by Gasteiger charge is 2.00. The van der Waals surface area contributed by atoms with Gasteiger partial charge in [-0.25, -0.2) is 5.43 Å². The Hall–Kier alpha value is -2.14. The molecular weight excluding hydrogens is 270 g/mol. The van der Waals surface area contributed by atoms with Gasteiger partial charge in [0.25, 0.3) is 5.91 Å². The third kappa shape index (κ3) is 4.20. The van der Waals surface area contributed by atoms with Crippen molar-refractivity contribution in [2.24, 2.45) is 5.10 Å². The maximum absolute atomic E-state index is 11.6. The first-order valence-electron chi connectivity index (χ1n) is 6.31. The van der Waals surface area contributed by atoms with Crippen LogP contribution in [0.4, 0.5) is 5.69 Å². The second-order valence-corrected chi connectivity index (χ2v) is 5.43. The van der Waals surface area contributed by atoms with Crippen LogP contribution in [0.25, 0.3) is 0 Å². The lowest BCUT2D eigenvalue weighted by atomic mass is 10.2. The van der Waals surface area contributed by atoms with Gasteiger partial charge in [-0.15, -0.1) is 11.3 Å². The van der Waals surface area contributed by atoms with E-state index < -0.39 is 0 Å².